The van der Waals surface area contributed by atoms with Gasteiger partial charge in [0.1, 0.15) is 22.7 Å². The van der Waals surface area contributed by atoms with Gasteiger partial charge in [-0.05, 0) is 68.8 Å². The molecule has 5 rings (SSSR count). The third kappa shape index (κ3) is 5.41. The summed E-state index contributed by atoms with van der Waals surface area (Å²) in [4.78, 5) is 30.2. The number of rotatable bonds is 7. The van der Waals surface area contributed by atoms with E-state index in [1.54, 1.807) is 0 Å². The summed E-state index contributed by atoms with van der Waals surface area (Å²) in [5, 5.41) is 12.9. The van der Waals surface area contributed by atoms with E-state index in [-0.39, 0.29) is 16.9 Å². The lowest BCUT2D eigenvalue weighted by Gasteiger charge is -2.34. The average Bonchev–Trinajstić information content (AvgIpc) is 2.90. The first-order valence-electron chi connectivity index (χ1n) is 13.2. The Bertz CT molecular complexity index is 1400. The first-order valence-corrected chi connectivity index (χ1v) is 13.2. The Morgan fingerprint density at radius 2 is 1.68 bits per heavy atom. The van der Waals surface area contributed by atoms with Gasteiger partial charge in [-0.2, -0.15) is 4.39 Å². The van der Waals surface area contributed by atoms with Crippen LogP contribution in [0.5, 0.6) is 0 Å². The lowest BCUT2D eigenvalue weighted by atomic mass is 9.87. The van der Waals surface area contributed by atoms with E-state index in [0.717, 1.165) is 61.2 Å². The quantitative estimate of drug-likeness (QED) is 0.425. The van der Waals surface area contributed by atoms with Crippen LogP contribution < -0.4 is 15.6 Å². The summed E-state index contributed by atoms with van der Waals surface area (Å²) >= 11 is 0. The molecule has 0 bridgehead atoms. The van der Waals surface area contributed by atoms with E-state index in [1.807, 2.05) is 4.90 Å². The van der Waals surface area contributed by atoms with E-state index in [0.29, 0.717) is 25.1 Å². The largest absolute Gasteiger partial charge is 0.477 e. The molecule has 2 aliphatic rings. The Kier molecular flexibility index (Phi) is 7.69. The molecule has 4 heterocycles. The van der Waals surface area contributed by atoms with Crippen molar-refractivity contribution in [1.29, 1.82) is 0 Å². The molecule has 0 aliphatic carbocycles. The number of piperidine rings is 2. The van der Waals surface area contributed by atoms with Crippen molar-refractivity contribution in [2.45, 2.75) is 44.9 Å². The molecular weight excluding hydrogens is 497 g/mol. The zero-order chi connectivity index (χ0) is 26.8. The Morgan fingerprint density at radius 3 is 2.34 bits per heavy atom. The fourth-order valence-corrected chi connectivity index (χ4v) is 5.78. The smallest absolute Gasteiger partial charge is 0.341 e. The summed E-state index contributed by atoms with van der Waals surface area (Å²) < 4.78 is 44.6. The molecule has 1 aromatic carbocycles. The maximum absolute atomic E-state index is 15.2. The van der Waals surface area contributed by atoms with Crippen LogP contribution in [0.25, 0.3) is 16.7 Å². The van der Waals surface area contributed by atoms with Crippen LogP contribution in [0.2, 0.25) is 0 Å². The van der Waals surface area contributed by atoms with Gasteiger partial charge in [0, 0.05) is 25.4 Å². The SMILES string of the molecule is O=C(O)c1cn(-c2ccc(F)cc2F)c2cc(N3CCC(CCCC4CCNCC4)CC3)c(F)nc2c1=O. The maximum atomic E-state index is 15.2. The van der Waals surface area contributed by atoms with Crippen molar-refractivity contribution in [3.63, 3.8) is 0 Å². The first kappa shape index (κ1) is 26.2. The highest BCUT2D eigenvalue weighted by Gasteiger charge is 2.25. The van der Waals surface area contributed by atoms with Gasteiger partial charge < -0.3 is 19.9 Å². The molecule has 2 N–H and O–H groups in total. The van der Waals surface area contributed by atoms with Crippen LogP contribution in [-0.2, 0) is 0 Å². The van der Waals surface area contributed by atoms with E-state index in [9.17, 15) is 23.5 Å². The molecule has 2 aliphatic heterocycles. The van der Waals surface area contributed by atoms with E-state index < -0.39 is 40.1 Å². The number of carbonyl (C=O) groups is 1. The standard InChI is InChI=1S/C28H31F3N4O3/c29-19-4-5-22(21(30)14-19)35-16-20(28(37)38)26(36)25-23(35)15-24(27(31)33-25)34-12-8-18(9-13-34)3-1-2-17-6-10-32-11-7-17/h4-5,14-18,32H,1-3,6-13H2,(H,37,38). The fraction of sp³-hybridized carbons (Fsp3) is 0.464. The van der Waals surface area contributed by atoms with Gasteiger partial charge in [-0.1, -0.05) is 19.3 Å². The molecule has 38 heavy (non-hydrogen) atoms. The number of benzene rings is 1. The number of halogens is 3. The van der Waals surface area contributed by atoms with Crippen LogP contribution in [0.15, 0.2) is 35.3 Å². The zero-order valence-corrected chi connectivity index (χ0v) is 21.1. The van der Waals surface area contributed by atoms with Gasteiger partial charge in [0.2, 0.25) is 11.4 Å². The number of aromatic nitrogens is 2. The van der Waals surface area contributed by atoms with Gasteiger partial charge in [-0.25, -0.2) is 18.6 Å². The van der Waals surface area contributed by atoms with E-state index in [2.05, 4.69) is 10.3 Å². The molecule has 0 amide bonds. The molecule has 0 unspecified atom stereocenters. The van der Waals surface area contributed by atoms with Crippen molar-refractivity contribution in [3.05, 3.63) is 63.8 Å². The summed E-state index contributed by atoms with van der Waals surface area (Å²) in [6.45, 7) is 3.44. The number of nitrogens with zero attached hydrogens (tertiary/aromatic N) is 3. The lowest BCUT2D eigenvalue weighted by molar-refractivity contribution is 0.0695. The van der Waals surface area contributed by atoms with Gasteiger partial charge in [-0.15, -0.1) is 0 Å². The third-order valence-electron chi connectivity index (χ3n) is 7.95. The summed E-state index contributed by atoms with van der Waals surface area (Å²) in [6, 6.07) is 4.23. The van der Waals surface area contributed by atoms with Crippen molar-refractivity contribution in [3.8, 4) is 5.69 Å². The van der Waals surface area contributed by atoms with Gasteiger partial charge >= 0.3 is 5.97 Å². The number of nitrogens with one attached hydrogen (secondary N) is 1. The molecule has 0 saturated carbocycles. The number of hydrogen-bond acceptors (Lipinski definition) is 5. The van der Waals surface area contributed by atoms with Crippen LogP contribution in [0.4, 0.5) is 18.9 Å². The highest BCUT2D eigenvalue weighted by molar-refractivity contribution is 5.92. The van der Waals surface area contributed by atoms with Crippen LogP contribution in [0.1, 0.15) is 55.3 Å². The monoisotopic (exact) mass is 528 g/mol. The molecule has 2 fully saturated rings. The van der Waals surface area contributed by atoms with Crippen LogP contribution in [-0.4, -0.2) is 46.8 Å². The Balaban J connectivity index is 1.40. The lowest BCUT2D eigenvalue weighted by Crippen LogP contribution is -2.34. The van der Waals surface area contributed by atoms with Crippen molar-refractivity contribution in [1.82, 2.24) is 14.9 Å². The average molecular weight is 529 g/mol. The highest BCUT2D eigenvalue weighted by atomic mass is 19.1. The van der Waals surface area contributed by atoms with Crippen molar-refractivity contribution in [2.75, 3.05) is 31.1 Å². The molecule has 2 saturated heterocycles. The predicted molar refractivity (Wildman–Crippen MR) is 139 cm³/mol. The Morgan fingerprint density at radius 1 is 1.00 bits per heavy atom. The number of pyridine rings is 2. The minimum atomic E-state index is -1.55. The van der Waals surface area contributed by atoms with E-state index in [1.165, 1.54) is 31.7 Å². The maximum Gasteiger partial charge on any atom is 0.341 e. The number of fused-ring (bicyclic) bond motifs is 1. The van der Waals surface area contributed by atoms with Gasteiger partial charge in [0.15, 0.2) is 0 Å². The highest BCUT2D eigenvalue weighted by Crippen LogP contribution is 2.31. The van der Waals surface area contributed by atoms with Crippen molar-refractivity contribution in [2.24, 2.45) is 11.8 Å². The number of aromatic carboxylic acids is 1. The number of hydrogen-bond donors (Lipinski definition) is 2. The molecule has 0 radical (unpaired) electrons. The molecule has 2 aromatic heterocycles. The van der Waals surface area contributed by atoms with Crippen LogP contribution >= 0.6 is 0 Å². The second-order valence-electron chi connectivity index (χ2n) is 10.4. The number of carboxylic acid groups (broad SMARTS) is 1. The van der Waals surface area contributed by atoms with E-state index >= 15 is 4.39 Å². The predicted octanol–water partition coefficient (Wildman–Crippen LogP) is 4.89. The topological polar surface area (TPSA) is 87.5 Å². The summed E-state index contributed by atoms with van der Waals surface area (Å²) in [5.41, 5.74) is -2.04. The normalized spacial score (nSPS) is 17.3. The molecule has 3 aromatic rings. The third-order valence-corrected chi connectivity index (χ3v) is 7.95. The zero-order valence-electron chi connectivity index (χ0n) is 21.1. The Hall–Kier alpha value is -3.40. The minimum Gasteiger partial charge on any atom is -0.477 e. The van der Waals surface area contributed by atoms with Crippen LogP contribution in [0.3, 0.4) is 0 Å². The Labute approximate surface area is 218 Å². The molecular formula is C28H31F3N4O3. The van der Waals surface area contributed by atoms with Gasteiger partial charge in [-0.3, -0.25) is 4.79 Å². The van der Waals surface area contributed by atoms with Crippen LogP contribution in [0, 0.1) is 29.4 Å². The summed E-state index contributed by atoms with van der Waals surface area (Å²) in [6.07, 6.45) is 8.87. The second-order valence-corrected chi connectivity index (χ2v) is 10.4. The van der Waals surface area contributed by atoms with Gasteiger partial charge in [0.05, 0.1) is 16.9 Å². The first-order chi connectivity index (χ1) is 18.3. The van der Waals surface area contributed by atoms with Gasteiger partial charge in [0.25, 0.3) is 0 Å². The van der Waals surface area contributed by atoms with Crippen molar-refractivity contribution >= 4 is 22.7 Å². The molecule has 0 spiro atoms. The summed E-state index contributed by atoms with van der Waals surface area (Å²) in [5.74, 6) is -2.83. The number of carboxylic acids is 1. The second kappa shape index (κ2) is 11.1. The number of anilines is 1. The summed E-state index contributed by atoms with van der Waals surface area (Å²) in [7, 11) is 0. The molecule has 7 nitrogen and oxygen atoms in total. The van der Waals surface area contributed by atoms with Crippen molar-refractivity contribution < 1.29 is 23.1 Å². The molecule has 0 atom stereocenters. The molecule has 10 heteroatoms. The minimum absolute atomic E-state index is 0.0472. The van der Waals surface area contributed by atoms with E-state index in [4.69, 9.17) is 0 Å². The molecule has 202 valence electrons. The fourth-order valence-electron chi connectivity index (χ4n) is 5.78.